The Labute approximate surface area is 109 Å². The van der Waals surface area contributed by atoms with E-state index in [1.165, 1.54) is 12.8 Å². The van der Waals surface area contributed by atoms with E-state index in [4.69, 9.17) is 4.74 Å². The molecular weight excluding hydrogens is 248 g/mol. The molecule has 2 aromatic heterocycles. The van der Waals surface area contributed by atoms with E-state index in [2.05, 4.69) is 25.9 Å². The zero-order valence-electron chi connectivity index (χ0n) is 10.1. The van der Waals surface area contributed by atoms with E-state index in [1.54, 1.807) is 24.5 Å². The van der Waals surface area contributed by atoms with Gasteiger partial charge in [0.05, 0.1) is 12.8 Å². The average molecular weight is 262 g/mol. The van der Waals surface area contributed by atoms with Crippen molar-refractivity contribution in [3.8, 4) is 16.6 Å². The normalized spacial score (nSPS) is 14.7. The van der Waals surface area contributed by atoms with Crippen molar-refractivity contribution in [2.24, 2.45) is 0 Å². The summed E-state index contributed by atoms with van der Waals surface area (Å²) in [7, 11) is 1.58. The van der Waals surface area contributed by atoms with Gasteiger partial charge in [0.25, 0.3) is 0 Å². The summed E-state index contributed by atoms with van der Waals surface area (Å²) in [5.41, 5.74) is 1.86. The summed E-state index contributed by atoms with van der Waals surface area (Å²) in [5, 5.41) is 14.4. The van der Waals surface area contributed by atoms with Gasteiger partial charge in [0, 0.05) is 24.0 Å². The largest absolute Gasteiger partial charge is 0.480 e. The number of hydrogen-bond donors (Lipinski definition) is 1. The lowest BCUT2D eigenvalue weighted by Crippen LogP contribution is -2.15. The first-order valence-corrected chi connectivity index (χ1v) is 6.79. The molecule has 0 saturated heterocycles. The third-order valence-electron chi connectivity index (χ3n) is 2.77. The van der Waals surface area contributed by atoms with E-state index in [-0.39, 0.29) is 0 Å². The summed E-state index contributed by atoms with van der Waals surface area (Å²) in [6.45, 7) is 0.838. The van der Waals surface area contributed by atoms with Gasteiger partial charge >= 0.3 is 0 Å². The van der Waals surface area contributed by atoms with Crippen molar-refractivity contribution in [1.29, 1.82) is 0 Å². The van der Waals surface area contributed by atoms with E-state index in [0.29, 0.717) is 11.9 Å². The predicted octanol–water partition coefficient (Wildman–Crippen LogP) is 1.86. The van der Waals surface area contributed by atoms with Gasteiger partial charge < -0.3 is 10.1 Å². The standard InChI is InChI=1S/C12H14N4OS/c1-17-11-5-4-10(15-16-11)12-14-9(7-18-12)6-13-8-2-3-8/h4-5,7-8,13H,2-3,6H2,1H3. The second-order valence-electron chi connectivity index (χ2n) is 4.26. The molecule has 1 saturated carbocycles. The number of ether oxygens (including phenoxy) is 1. The second kappa shape index (κ2) is 4.99. The zero-order valence-corrected chi connectivity index (χ0v) is 10.9. The van der Waals surface area contributed by atoms with Crippen LogP contribution in [-0.2, 0) is 6.54 Å². The molecule has 3 rings (SSSR count). The Morgan fingerprint density at radius 3 is 2.94 bits per heavy atom. The van der Waals surface area contributed by atoms with Crippen molar-refractivity contribution in [3.63, 3.8) is 0 Å². The van der Waals surface area contributed by atoms with Crippen molar-refractivity contribution in [2.45, 2.75) is 25.4 Å². The van der Waals surface area contributed by atoms with Gasteiger partial charge in [0.2, 0.25) is 5.88 Å². The van der Waals surface area contributed by atoms with Crippen molar-refractivity contribution < 1.29 is 4.74 Å². The Morgan fingerprint density at radius 2 is 2.28 bits per heavy atom. The van der Waals surface area contributed by atoms with Crippen LogP contribution in [0.3, 0.4) is 0 Å². The van der Waals surface area contributed by atoms with Crippen molar-refractivity contribution >= 4 is 11.3 Å². The van der Waals surface area contributed by atoms with Crippen LogP contribution in [0.2, 0.25) is 0 Å². The molecule has 0 aromatic carbocycles. The lowest BCUT2D eigenvalue weighted by molar-refractivity contribution is 0.392. The first-order chi connectivity index (χ1) is 8.85. The first kappa shape index (κ1) is 11.6. The van der Waals surface area contributed by atoms with Crippen molar-refractivity contribution in [3.05, 3.63) is 23.2 Å². The van der Waals surface area contributed by atoms with E-state index >= 15 is 0 Å². The summed E-state index contributed by atoms with van der Waals surface area (Å²) < 4.78 is 4.98. The number of nitrogens with one attached hydrogen (secondary N) is 1. The van der Waals surface area contributed by atoms with E-state index < -0.39 is 0 Å². The minimum Gasteiger partial charge on any atom is -0.480 e. The van der Waals surface area contributed by atoms with Crippen molar-refractivity contribution in [1.82, 2.24) is 20.5 Å². The molecule has 6 heteroatoms. The fourth-order valence-electron chi connectivity index (χ4n) is 1.59. The molecule has 0 bridgehead atoms. The van der Waals surface area contributed by atoms with Gasteiger partial charge in [-0.1, -0.05) is 0 Å². The molecule has 1 aliphatic rings. The molecule has 1 N–H and O–H groups in total. The van der Waals surface area contributed by atoms with Crippen LogP contribution >= 0.6 is 11.3 Å². The Morgan fingerprint density at radius 1 is 1.39 bits per heavy atom. The number of methoxy groups -OCH3 is 1. The molecule has 0 amide bonds. The Bertz CT molecular complexity index is 521. The smallest absolute Gasteiger partial charge is 0.233 e. The quantitative estimate of drug-likeness (QED) is 0.891. The average Bonchev–Trinajstić information content (AvgIpc) is 3.14. The summed E-state index contributed by atoms with van der Waals surface area (Å²) in [6, 6.07) is 4.38. The first-order valence-electron chi connectivity index (χ1n) is 5.91. The molecule has 1 aliphatic carbocycles. The molecule has 18 heavy (non-hydrogen) atoms. The lowest BCUT2D eigenvalue weighted by Gasteiger charge is -1.98. The zero-order chi connectivity index (χ0) is 12.4. The number of thiazole rings is 1. The van der Waals surface area contributed by atoms with E-state index in [9.17, 15) is 0 Å². The maximum absolute atomic E-state index is 4.98. The molecule has 5 nitrogen and oxygen atoms in total. The predicted molar refractivity (Wildman–Crippen MR) is 69.6 cm³/mol. The minimum atomic E-state index is 0.519. The fourth-order valence-corrected chi connectivity index (χ4v) is 2.37. The van der Waals surface area contributed by atoms with Gasteiger partial charge in [-0.3, -0.25) is 0 Å². The van der Waals surface area contributed by atoms with Crippen LogP contribution in [0.5, 0.6) is 5.88 Å². The molecular formula is C12H14N4OS. The highest BCUT2D eigenvalue weighted by Gasteiger charge is 2.20. The van der Waals surface area contributed by atoms with Crippen LogP contribution < -0.4 is 10.1 Å². The van der Waals surface area contributed by atoms with Gasteiger partial charge in [-0.05, 0) is 18.9 Å². The SMILES string of the molecule is COc1ccc(-c2nc(CNC3CC3)cs2)nn1. The summed E-state index contributed by atoms with van der Waals surface area (Å²) in [4.78, 5) is 4.55. The molecule has 0 radical (unpaired) electrons. The van der Waals surface area contributed by atoms with Gasteiger partial charge in [-0.25, -0.2) is 4.98 Å². The van der Waals surface area contributed by atoms with Gasteiger partial charge in [-0.15, -0.1) is 21.5 Å². The summed E-state index contributed by atoms with van der Waals surface area (Å²) >= 11 is 1.59. The van der Waals surface area contributed by atoms with E-state index in [1.807, 2.05) is 6.07 Å². The number of hydrogen-bond acceptors (Lipinski definition) is 6. The summed E-state index contributed by atoms with van der Waals surface area (Å²) in [5.74, 6) is 0.519. The highest BCUT2D eigenvalue weighted by molar-refractivity contribution is 7.13. The molecule has 0 atom stereocenters. The maximum Gasteiger partial charge on any atom is 0.233 e. The molecule has 2 heterocycles. The Hall–Kier alpha value is -1.53. The Balaban J connectivity index is 1.70. The van der Waals surface area contributed by atoms with Crippen LogP contribution in [0.4, 0.5) is 0 Å². The van der Waals surface area contributed by atoms with Crippen LogP contribution in [-0.4, -0.2) is 28.3 Å². The highest BCUT2D eigenvalue weighted by Crippen LogP contribution is 2.23. The van der Waals surface area contributed by atoms with E-state index in [0.717, 1.165) is 22.9 Å². The fraction of sp³-hybridized carbons (Fsp3) is 0.417. The molecule has 2 aromatic rings. The molecule has 0 unspecified atom stereocenters. The van der Waals surface area contributed by atoms with Crippen molar-refractivity contribution in [2.75, 3.05) is 7.11 Å². The molecule has 94 valence electrons. The van der Waals surface area contributed by atoms with Crippen LogP contribution in [0.1, 0.15) is 18.5 Å². The van der Waals surface area contributed by atoms with Crippen LogP contribution in [0.15, 0.2) is 17.5 Å². The second-order valence-corrected chi connectivity index (χ2v) is 5.12. The number of rotatable bonds is 5. The molecule has 0 aliphatic heterocycles. The summed E-state index contributed by atoms with van der Waals surface area (Å²) in [6.07, 6.45) is 2.59. The number of nitrogens with zero attached hydrogens (tertiary/aromatic N) is 3. The molecule has 0 spiro atoms. The lowest BCUT2D eigenvalue weighted by atomic mass is 10.4. The highest BCUT2D eigenvalue weighted by atomic mass is 32.1. The monoisotopic (exact) mass is 262 g/mol. The maximum atomic E-state index is 4.98. The minimum absolute atomic E-state index is 0.519. The van der Waals surface area contributed by atoms with Gasteiger partial charge in [0.15, 0.2) is 0 Å². The third-order valence-corrected chi connectivity index (χ3v) is 3.68. The Kier molecular flexibility index (Phi) is 3.21. The number of aromatic nitrogens is 3. The van der Waals surface area contributed by atoms with Crippen LogP contribution in [0, 0.1) is 0 Å². The van der Waals surface area contributed by atoms with Crippen LogP contribution in [0.25, 0.3) is 10.7 Å². The van der Waals surface area contributed by atoms with Gasteiger partial charge in [0.1, 0.15) is 10.7 Å². The van der Waals surface area contributed by atoms with Gasteiger partial charge in [-0.2, -0.15) is 0 Å². The molecule has 1 fully saturated rings. The topological polar surface area (TPSA) is 59.9 Å². The third kappa shape index (κ3) is 2.65.